The predicted molar refractivity (Wildman–Crippen MR) is 127 cm³/mol. The summed E-state index contributed by atoms with van der Waals surface area (Å²) >= 11 is 0. The van der Waals surface area contributed by atoms with Crippen molar-refractivity contribution in [2.75, 3.05) is 19.9 Å². The van der Waals surface area contributed by atoms with Crippen molar-refractivity contribution in [3.8, 4) is 17.2 Å². The molecule has 1 fully saturated rings. The topological polar surface area (TPSA) is 93.2 Å². The molecule has 2 aromatic carbocycles. The fourth-order valence-corrected chi connectivity index (χ4v) is 4.70. The first kappa shape index (κ1) is 22.3. The molecule has 8 heteroatoms. The number of phenols is 1. The largest absolute Gasteiger partial charge is 0.507 e. The minimum absolute atomic E-state index is 0.0680. The first-order valence-corrected chi connectivity index (χ1v) is 11.5. The number of rotatable bonds is 4. The van der Waals surface area contributed by atoms with Crippen molar-refractivity contribution >= 4 is 17.0 Å². The van der Waals surface area contributed by atoms with Crippen molar-refractivity contribution in [3.63, 3.8) is 0 Å². The minimum Gasteiger partial charge on any atom is -0.507 e. The molecule has 34 heavy (non-hydrogen) atoms. The van der Waals surface area contributed by atoms with Gasteiger partial charge in [0.05, 0.1) is 11.6 Å². The third-order valence-corrected chi connectivity index (χ3v) is 6.10. The van der Waals surface area contributed by atoms with E-state index in [0.717, 1.165) is 35.0 Å². The van der Waals surface area contributed by atoms with Crippen LogP contribution in [0.3, 0.4) is 0 Å². The average Bonchev–Trinajstić information content (AvgIpc) is 3.42. The molecule has 8 nitrogen and oxygen atoms in total. The van der Waals surface area contributed by atoms with Gasteiger partial charge in [0.1, 0.15) is 11.4 Å². The number of pyridine rings is 1. The Kier molecular flexibility index (Phi) is 5.69. The highest BCUT2D eigenvalue weighted by Gasteiger charge is 2.35. The van der Waals surface area contributed by atoms with E-state index in [1.807, 2.05) is 57.2 Å². The third-order valence-electron chi connectivity index (χ3n) is 6.10. The molecule has 1 aromatic heterocycles. The standard InChI is InChI=1S/C26H29N3O5/c1-26(2,3)34-25(31)28-16-9-11-29(14-16)24(18-8-10-27-20-7-5-4-6-17(18)20)19-12-22-23(13-21(19)30)33-15-32-22/h4-8,10,12-13,16,24,30H,9,11,14-15H2,1-3H3,(H,28,31)/t16-,24?/m1/s1. The Hall–Kier alpha value is -3.52. The summed E-state index contributed by atoms with van der Waals surface area (Å²) in [7, 11) is 0. The number of nitrogens with zero attached hydrogens (tertiary/aromatic N) is 2. The molecule has 0 bridgehead atoms. The van der Waals surface area contributed by atoms with E-state index in [-0.39, 0.29) is 24.6 Å². The number of carbonyl (C=O) groups excluding carboxylic acids is 1. The number of ether oxygens (including phenoxy) is 3. The molecule has 0 spiro atoms. The number of aromatic nitrogens is 1. The number of likely N-dealkylation sites (tertiary alicyclic amines) is 1. The maximum Gasteiger partial charge on any atom is 0.407 e. The quantitative estimate of drug-likeness (QED) is 0.594. The van der Waals surface area contributed by atoms with Gasteiger partial charge in [0.2, 0.25) is 6.79 Å². The van der Waals surface area contributed by atoms with Gasteiger partial charge in [-0.1, -0.05) is 18.2 Å². The average molecular weight is 464 g/mol. The minimum atomic E-state index is -0.556. The molecule has 3 aromatic rings. The lowest BCUT2D eigenvalue weighted by Gasteiger charge is -2.30. The number of phenolic OH excluding ortho intramolecular Hbond substituents is 1. The van der Waals surface area contributed by atoms with Crippen molar-refractivity contribution in [1.29, 1.82) is 0 Å². The molecule has 1 amide bonds. The van der Waals surface area contributed by atoms with Gasteiger partial charge >= 0.3 is 6.09 Å². The van der Waals surface area contributed by atoms with Crippen LogP contribution in [0.2, 0.25) is 0 Å². The van der Waals surface area contributed by atoms with Crippen molar-refractivity contribution < 1.29 is 24.1 Å². The molecular weight excluding hydrogens is 434 g/mol. The van der Waals surface area contributed by atoms with E-state index >= 15 is 0 Å². The monoisotopic (exact) mass is 463 g/mol. The Bertz CT molecular complexity index is 1220. The van der Waals surface area contributed by atoms with Crippen molar-refractivity contribution in [2.24, 2.45) is 0 Å². The van der Waals surface area contributed by atoms with E-state index in [9.17, 15) is 9.90 Å². The fraction of sp³-hybridized carbons (Fsp3) is 0.385. The van der Waals surface area contributed by atoms with Crippen LogP contribution < -0.4 is 14.8 Å². The number of amides is 1. The Balaban J connectivity index is 1.51. The van der Waals surface area contributed by atoms with Crippen LogP contribution in [0.4, 0.5) is 4.79 Å². The highest BCUT2D eigenvalue weighted by atomic mass is 16.7. The second-order valence-corrected chi connectivity index (χ2v) is 9.71. The number of carbonyl (C=O) groups is 1. The molecular formula is C26H29N3O5. The van der Waals surface area contributed by atoms with Crippen LogP contribution in [0.15, 0.2) is 48.7 Å². The Morgan fingerprint density at radius 3 is 2.74 bits per heavy atom. The van der Waals surface area contributed by atoms with Crippen molar-refractivity contribution in [2.45, 2.75) is 44.9 Å². The Morgan fingerprint density at radius 1 is 1.18 bits per heavy atom. The number of hydrogen-bond acceptors (Lipinski definition) is 7. The molecule has 0 saturated carbocycles. The van der Waals surface area contributed by atoms with Gasteiger partial charge in [0.25, 0.3) is 0 Å². The molecule has 5 rings (SSSR count). The molecule has 2 atom stereocenters. The number of nitrogens with one attached hydrogen (secondary N) is 1. The van der Waals surface area contributed by atoms with Crippen LogP contribution >= 0.6 is 0 Å². The zero-order chi connectivity index (χ0) is 23.9. The number of fused-ring (bicyclic) bond motifs is 2. The van der Waals surface area contributed by atoms with E-state index in [0.29, 0.717) is 18.0 Å². The summed E-state index contributed by atoms with van der Waals surface area (Å²) in [4.78, 5) is 19.1. The van der Waals surface area contributed by atoms with Gasteiger partial charge in [0, 0.05) is 42.3 Å². The van der Waals surface area contributed by atoms with Crippen LogP contribution in [0.1, 0.15) is 44.4 Å². The maximum atomic E-state index is 12.4. The van der Waals surface area contributed by atoms with Gasteiger partial charge in [-0.25, -0.2) is 4.79 Å². The lowest BCUT2D eigenvalue weighted by molar-refractivity contribution is 0.0505. The molecule has 2 aliphatic rings. The molecule has 1 unspecified atom stereocenters. The molecule has 2 aliphatic heterocycles. The van der Waals surface area contributed by atoms with Gasteiger partial charge in [-0.05, 0) is 51.0 Å². The zero-order valence-electron chi connectivity index (χ0n) is 19.6. The van der Waals surface area contributed by atoms with Gasteiger partial charge in [-0.15, -0.1) is 0 Å². The van der Waals surface area contributed by atoms with Crippen LogP contribution in [0, 0.1) is 0 Å². The van der Waals surface area contributed by atoms with Crippen LogP contribution in [0.25, 0.3) is 10.9 Å². The van der Waals surface area contributed by atoms with Crippen molar-refractivity contribution in [1.82, 2.24) is 15.2 Å². The summed E-state index contributed by atoms with van der Waals surface area (Å²) < 4.78 is 16.5. The van der Waals surface area contributed by atoms with E-state index in [4.69, 9.17) is 14.2 Å². The van der Waals surface area contributed by atoms with Crippen molar-refractivity contribution in [3.05, 3.63) is 59.8 Å². The van der Waals surface area contributed by atoms with E-state index in [1.165, 1.54) is 0 Å². The number of para-hydroxylation sites is 1. The van der Waals surface area contributed by atoms with E-state index in [2.05, 4.69) is 15.2 Å². The number of aromatic hydroxyl groups is 1. The fourth-order valence-electron chi connectivity index (χ4n) is 4.70. The Labute approximate surface area is 198 Å². The summed E-state index contributed by atoms with van der Waals surface area (Å²) in [5.41, 5.74) is 2.07. The molecule has 2 N–H and O–H groups in total. The smallest absolute Gasteiger partial charge is 0.407 e. The summed E-state index contributed by atoms with van der Waals surface area (Å²) in [5, 5.41) is 15.0. The number of alkyl carbamates (subject to hydrolysis) is 1. The molecule has 0 aliphatic carbocycles. The van der Waals surface area contributed by atoms with Gasteiger partial charge in [-0.3, -0.25) is 9.88 Å². The second-order valence-electron chi connectivity index (χ2n) is 9.71. The number of hydrogen-bond donors (Lipinski definition) is 2. The summed E-state index contributed by atoms with van der Waals surface area (Å²) in [6.07, 6.45) is 2.14. The van der Waals surface area contributed by atoms with Crippen LogP contribution in [-0.4, -0.2) is 52.6 Å². The lowest BCUT2D eigenvalue weighted by Crippen LogP contribution is -2.41. The summed E-state index contributed by atoms with van der Waals surface area (Å²) in [6, 6.07) is 13.1. The molecule has 178 valence electrons. The van der Waals surface area contributed by atoms with Gasteiger partial charge in [-0.2, -0.15) is 0 Å². The van der Waals surface area contributed by atoms with E-state index < -0.39 is 11.7 Å². The molecule has 3 heterocycles. The third kappa shape index (κ3) is 4.46. The summed E-state index contributed by atoms with van der Waals surface area (Å²) in [5.74, 6) is 1.28. The molecule has 0 radical (unpaired) electrons. The highest BCUT2D eigenvalue weighted by Crippen LogP contribution is 2.45. The zero-order valence-corrected chi connectivity index (χ0v) is 19.6. The highest BCUT2D eigenvalue weighted by molar-refractivity contribution is 5.83. The van der Waals surface area contributed by atoms with Crippen LogP contribution in [0.5, 0.6) is 17.2 Å². The molecule has 1 saturated heterocycles. The van der Waals surface area contributed by atoms with Gasteiger partial charge in [0.15, 0.2) is 11.5 Å². The Morgan fingerprint density at radius 2 is 1.94 bits per heavy atom. The SMILES string of the molecule is CC(C)(C)OC(=O)N[C@@H]1CCN(C(c2cc3c(cc2O)OCO3)c2ccnc3ccccc23)C1. The predicted octanol–water partition coefficient (Wildman–Crippen LogP) is 4.36. The normalized spacial score (nSPS) is 18.7. The lowest BCUT2D eigenvalue weighted by atomic mass is 9.93. The van der Waals surface area contributed by atoms with Crippen LogP contribution in [-0.2, 0) is 4.74 Å². The van der Waals surface area contributed by atoms with Gasteiger partial charge < -0.3 is 24.6 Å². The van der Waals surface area contributed by atoms with E-state index in [1.54, 1.807) is 12.3 Å². The summed E-state index contributed by atoms with van der Waals surface area (Å²) in [6.45, 7) is 7.01. The second kappa shape index (κ2) is 8.68. The first-order chi connectivity index (χ1) is 16.3. The maximum absolute atomic E-state index is 12.4. The number of benzene rings is 2. The first-order valence-electron chi connectivity index (χ1n) is 11.5.